The van der Waals surface area contributed by atoms with Crippen molar-refractivity contribution in [3.63, 3.8) is 0 Å². The highest BCUT2D eigenvalue weighted by Crippen LogP contribution is 2.29. The van der Waals surface area contributed by atoms with E-state index in [9.17, 15) is 13.2 Å². The molecule has 7 nitrogen and oxygen atoms in total. The Morgan fingerprint density at radius 1 is 1.03 bits per heavy atom. The Labute approximate surface area is 203 Å². The van der Waals surface area contributed by atoms with Crippen LogP contribution in [0.15, 0.2) is 23.1 Å². The summed E-state index contributed by atoms with van der Waals surface area (Å²) >= 11 is 6.28. The number of sulfonamides is 1. The minimum Gasteiger partial charge on any atom is -0.373 e. The number of halogens is 1. The average molecular weight is 498 g/mol. The van der Waals surface area contributed by atoms with Gasteiger partial charge in [0.15, 0.2) is 0 Å². The number of likely N-dealkylation sites (tertiary alicyclic amines) is 1. The van der Waals surface area contributed by atoms with Gasteiger partial charge in [-0.2, -0.15) is 4.31 Å². The van der Waals surface area contributed by atoms with Crippen LogP contribution in [-0.2, 0) is 14.8 Å². The van der Waals surface area contributed by atoms with Crippen molar-refractivity contribution in [3.05, 3.63) is 28.8 Å². The van der Waals surface area contributed by atoms with E-state index < -0.39 is 10.0 Å². The number of ether oxygens (including phenoxy) is 1. The van der Waals surface area contributed by atoms with E-state index in [0.717, 1.165) is 51.7 Å². The minimum atomic E-state index is -3.70. The number of morpholine rings is 1. The standard InChI is InChI=1S/C24H36ClN3O4S/c1-18-15-26(16-19(2)32-18)17-20-8-12-27(13-9-20)24(29)21-6-7-22(25)23(14-21)33(30,31)28-10-4-3-5-11-28/h6-7,14,18-20H,3-5,8-13,15-17H2,1-2H3. The maximum Gasteiger partial charge on any atom is 0.253 e. The number of benzene rings is 1. The van der Waals surface area contributed by atoms with Gasteiger partial charge in [-0.25, -0.2) is 8.42 Å². The molecule has 2 unspecified atom stereocenters. The number of carbonyl (C=O) groups is 1. The second kappa shape index (κ2) is 10.6. The molecule has 3 saturated heterocycles. The predicted molar refractivity (Wildman–Crippen MR) is 129 cm³/mol. The fraction of sp³-hybridized carbons (Fsp3) is 0.708. The summed E-state index contributed by atoms with van der Waals surface area (Å²) in [7, 11) is -3.70. The molecule has 0 bridgehead atoms. The van der Waals surface area contributed by atoms with Gasteiger partial charge in [0.25, 0.3) is 5.91 Å². The monoisotopic (exact) mass is 497 g/mol. The molecule has 3 aliphatic rings. The van der Waals surface area contributed by atoms with Crippen molar-refractivity contribution in [2.24, 2.45) is 5.92 Å². The quantitative estimate of drug-likeness (QED) is 0.623. The zero-order valence-corrected chi connectivity index (χ0v) is 21.3. The molecule has 0 saturated carbocycles. The maximum absolute atomic E-state index is 13.2. The molecular formula is C24H36ClN3O4S. The summed E-state index contributed by atoms with van der Waals surface area (Å²) in [5, 5.41) is 0.171. The lowest BCUT2D eigenvalue weighted by Crippen LogP contribution is -2.48. The first-order valence-electron chi connectivity index (χ1n) is 12.2. The second-order valence-corrected chi connectivity index (χ2v) is 12.1. The first-order chi connectivity index (χ1) is 15.7. The minimum absolute atomic E-state index is 0.0439. The van der Waals surface area contributed by atoms with Crippen molar-refractivity contribution >= 4 is 27.5 Å². The molecule has 0 aromatic heterocycles. The van der Waals surface area contributed by atoms with E-state index in [4.69, 9.17) is 16.3 Å². The Morgan fingerprint density at radius 2 is 1.67 bits per heavy atom. The predicted octanol–water partition coefficient (Wildman–Crippen LogP) is 3.48. The number of hydrogen-bond acceptors (Lipinski definition) is 5. The fourth-order valence-corrected chi connectivity index (χ4v) is 7.40. The van der Waals surface area contributed by atoms with Crippen LogP contribution in [-0.4, -0.2) is 86.5 Å². The van der Waals surface area contributed by atoms with Crippen LogP contribution in [0.5, 0.6) is 0 Å². The van der Waals surface area contributed by atoms with Crippen molar-refractivity contribution in [2.45, 2.75) is 63.1 Å². The van der Waals surface area contributed by atoms with Gasteiger partial charge in [0.1, 0.15) is 4.90 Å². The van der Waals surface area contributed by atoms with Crippen LogP contribution in [0.25, 0.3) is 0 Å². The lowest BCUT2D eigenvalue weighted by Gasteiger charge is -2.39. The topological polar surface area (TPSA) is 70.2 Å². The van der Waals surface area contributed by atoms with E-state index in [2.05, 4.69) is 18.7 Å². The van der Waals surface area contributed by atoms with Crippen LogP contribution in [0.1, 0.15) is 56.3 Å². The molecule has 3 fully saturated rings. The van der Waals surface area contributed by atoms with Crippen LogP contribution in [0.4, 0.5) is 0 Å². The van der Waals surface area contributed by atoms with Crippen molar-refractivity contribution in [1.82, 2.24) is 14.1 Å². The Hall–Kier alpha value is -1.19. The van der Waals surface area contributed by atoms with E-state index >= 15 is 0 Å². The number of hydrogen-bond donors (Lipinski definition) is 0. The van der Waals surface area contributed by atoms with Crippen molar-refractivity contribution in [3.8, 4) is 0 Å². The molecular weight excluding hydrogens is 462 g/mol. The van der Waals surface area contributed by atoms with Gasteiger partial charge in [0.05, 0.1) is 17.2 Å². The molecule has 0 N–H and O–H groups in total. The third kappa shape index (κ3) is 5.90. The summed E-state index contributed by atoms with van der Waals surface area (Å²) in [5.41, 5.74) is 0.393. The molecule has 3 aliphatic heterocycles. The molecule has 0 radical (unpaired) electrons. The normalized spacial score (nSPS) is 26.5. The Kier molecular flexibility index (Phi) is 8.01. The first-order valence-corrected chi connectivity index (χ1v) is 14.0. The molecule has 33 heavy (non-hydrogen) atoms. The Bertz CT molecular complexity index is 933. The molecule has 0 spiro atoms. The van der Waals surface area contributed by atoms with E-state index in [1.165, 1.54) is 10.4 Å². The van der Waals surface area contributed by atoms with Gasteiger partial charge in [0.2, 0.25) is 10.0 Å². The van der Waals surface area contributed by atoms with Gasteiger partial charge in [0, 0.05) is 51.4 Å². The number of rotatable bonds is 5. The fourth-order valence-electron chi connectivity index (χ4n) is 5.38. The molecule has 1 aromatic rings. The summed E-state index contributed by atoms with van der Waals surface area (Å²) in [6, 6.07) is 4.65. The number of nitrogens with zero attached hydrogens (tertiary/aromatic N) is 3. The molecule has 3 heterocycles. The van der Waals surface area contributed by atoms with Gasteiger partial charge in [-0.1, -0.05) is 18.0 Å². The zero-order valence-electron chi connectivity index (χ0n) is 19.7. The smallest absolute Gasteiger partial charge is 0.253 e. The molecule has 4 rings (SSSR count). The molecule has 184 valence electrons. The van der Waals surface area contributed by atoms with E-state index in [-0.39, 0.29) is 28.0 Å². The van der Waals surface area contributed by atoms with E-state index in [1.807, 2.05) is 4.90 Å². The highest BCUT2D eigenvalue weighted by atomic mass is 35.5. The molecule has 1 amide bonds. The second-order valence-electron chi connectivity index (χ2n) is 9.82. The summed E-state index contributed by atoms with van der Waals surface area (Å²) in [6.07, 6.45) is 5.18. The first kappa shape index (κ1) is 24.9. The summed E-state index contributed by atoms with van der Waals surface area (Å²) in [4.78, 5) is 17.6. The SMILES string of the molecule is CC1CN(CC2CCN(C(=O)c3ccc(Cl)c(S(=O)(=O)N4CCCCC4)c3)CC2)CC(C)O1. The summed E-state index contributed by atoms with van der Waals surface area (Å²) in [6.45, 7) is 9.59. The van der Waals surface area contributed by atoms with Gasteiger partial charge in [-0.15, -0.1) is 0 Å². The summed E-state index contributed by atoms with van der Waals surface area (Å²) < 4.78 is 33.6. The maximum atomic E-state index is 13.2. The van der Waals surface area contributed by atoms with Gasteiger partial charge in [-0.3, -0.25) is 9.69 Å². The third-order valence-electron chi connectivity index (χ3n) is 7.02. The Balaban J connectivity index is 1.38. The van der Waals surface area contributed by atoms with E-state index in [1.54, 1.807) is 12.1 Å². The van der Waals surface area contributed by atoms with E-state index in [0.29, 0.717) is 37.7 Å². The number of amides is 1. The zero-order chi connectivity index (χ0) is 23.6. The van der Waals surface area contributed by atoms with Crippen molar-refractivity contribution in [2.75, 3.05) is 45.8 Å². The van der Waals surface area contributed by atoms with Crippen molar-refractivity contribution in [1.29, 1.82) is 0 Å². The van der Waals surface area contributed by atoms with Crippen LogP contribution in [0.3, 0.4) is 0 Å². The van der Waals surface area contributed by atoms with Gasteiger partial charge in [-0.05, 0) is 63.6 Å². The van der Waals surface area contributed by atoms with Gasteiger partial charge >= 0.3 is 0 Å². The number of piperidine rings is 2. The van der Waals surface area contributed by atoms with Crippen LogP contribution in [0.2, 0.25) is 5.02 Å². The molecule has 1 aromatic carbocycles. The lowest BCUT2D eigenvalue weighted by molar-refractivity contribution is -0.0728. The Morgan fingerprint density at radius 3 is 2.30 bits per heavy atom. The van der Waals surface area contributed by atoms with Crippen LogP contribution >= 0.6 is 11.6 Å². The van der Waals surface area contributed by atoms with Crippen LogP contribution < -0.4 is 0 Å². The average Bonchev–Trinajstić information content (AvgIpc) is 2.79. The third-order valence-corrected chi connectivity index (χ3v) is 9.40. The highest BCUT2D eigenvalue weighted by molar-refractivity contribution is 7.89. The molecule has 0 aliphatic carbocycles. The van der Waals surface area contributed by atoms with Crippen LogP contribution in [0, 0.1) is 5.92 Å². The largest absolute Gasteiger partial charge is 0.373 e. The summed E-state index contributed by atoms with van der Waals surface area (Å²) in [5.74, 6) is 0.445. The molecule has 2 atom stereocenters. The molecule has 9 heteroatoms. The number of carbonyl (C=O) groups excluding carboxylic acids is 1. The van der Waals surface area contributed by atoms with Crippen molar-refractivity contribution < 1.29 is 17.9 Å². The van der Waals surface area contributed by atoms with Gasteiger partial charge < -0.3 is 9.64 Å². The highest BCUT2D eigenvalue weighted by Gasteiger charge is 2.31. The lowest BCUT2D eigenvalue weighted by atomic mass is 9.95.